The van der Waals surface area contributed by atoms with E-state index < -0.39 is 0 Å². The molecule has 0 aliphatic carbocycles. The maximum absolute atomic E-state index is 11.5. The Morgan fingerprint density at radius 2 is 2.33 bits per heavy atom. The molecule has 0 amide bonds. The highest BCUT2D eigenvalue weighted by atomic mass is 35.5. The Morgan fingerprint density at radius 1 is 1.50 bits per heavy atom. The SMILES string of the molecule is COC(=O)c1ccc2[nH]cc(CSCCCl)c2c1. The van der Waals surface area contributed by atoms with E-state index in [1.165, 1.54) is 12.7 Å². The third-order valence-electron chi connectivity index (χ3n) is 2.67. The summed E-state index contributed by atoms with van der Waals surface area (Å²) in [7, 11) is 1.39. The molecule has 0 radical (unpaired) electrons. The van der Waals surface area contributed by atoms with Gasteiger partial charge in [-0.3, -0.25) is 0 Å². The van der Waals surface area contributed by atoms with Gasteiger partial charge in [-0.25, -0.2) is 4.79 Å². The summed E-state index contributed by atoms with van der Waals surface area (Å²) in [6.07, 6.45) is 1.98. The third kappa shape index (κ3) is 2.82. The van der Waals surface area contributed by atoms with Crippen molar-refractivity contribution in [2.45, 2.75) is 5.75 Å². The zero-order valence-electron chi connectivity index (χ0n) is 10.0. The molecule has 3 nitrogen and oxygen atoms in total. The number of alkyl halides is 1. The largest absolute Gasteiger partial charge is 0.465 e. The summed E-state index contributed by atoms with van der Waals surface area (Å²) in [5.74, 6) is 2.15. The number of hydrogen-bond donors (Lipinski definition) is 1. The van der Waals surface area contributed by atoms with Gasteiger partial charge in [0.1, 0.15) is 0 Å². The third-order valence-corrected chi connectivity index (χ3v) is 4.09. The number of fused-ring (bicyclic) bond motifs is 1. The fourth-order valence-corrected chi connectivity index (χ4v) is 2.82. The number of carbonyl (C=O) groups excluding carboxylic acids is 1. The van der Waals surface area contributed by atoms with Crippen molar-refractivity contribution in [2.24, 2.45) is 0 Å². The van der Waals surface area contributed by atoms with Gasteiger partial charge >= 0.3 is 5.97 Å². The Morgan fingerprint density at radius 3 is 3.06 bits per heavy atom. The van der Waals surface area contributed by atoms with Crippen molar-refractivity contribution >= 4 is 40.2 Å². The predicted octanol–water partition coefficient (Wildman–Crippen LogP) is 3.43. The minimum absolute atomic E-state index is 0.308. The molecule has 1 aromatic heterocycles. The molecule has 5 heteroatoms. The molecule has 0 atom stereocenters. The molecular formula is C13H14ClNO2S. The number of ether oxygens (including phenoxy) is 1. The van der Waals surface area contributed by atoms with Crippen molar-refractivity contribution in [2.75, 3.05) is 18.7 Å². The molecular weight excluding hydrogens is 270 g/mol. The standard InChI is InChI=1S/C13H14ClNO2S/c1-17-13(16)9-2-3-12-11(6-9)10(7-15-12)8-18-5-4-14/h2-3,6-7,15H,4-5,8H2,1H3. The molecule has 2 rings (SSSR count). The average molecular weight is 284 g/mol. The molecule has 2 aromatic rings. The lowest BCUT2D eigenvalue weighted by Gasteiger charge is -2.01. The van der Waals surface area contributed by atoms with Gasteiger partial charge in [0, 0.05) is 34.5 Å². The van der Waals surface area contributed by atoms with Crippen molar-refractivity contribution in [1.82, 2.24) is 4.98 Å². The van der Waals surface area contributed by atoms with Gasteiger partial charge in [0.25, 0.3) is 0 Å². The van der Waals surface area contributed by atoms with Gasteiger partial charge in [0.15, 0.2) is 0 Å². The maximum Gasteiger partial charge on any atom is 0.337 e. The van der Waals surface area contributed by atoms with Gasteiger partial charge in [0.05, 0.1) is 12.7 Å². The molecule has 1 N–H and O–H groups in total. The highest BCUT2D eigenvalue weighted by Crippen LogP contribution is 2.24. The number of aromatic nitrogens is 1. The Balaban J connectivity index is 2.28. The molecule has 0 fully saturated rings. The zero-order valence-corrected chi connectivity index (χ0v) is 11.6. The summed E-state index contributed by atoms with van der Waals surface area (Å²) < 4.78 is 4.73. The molecule has 0 saturated carbocycles. The number of esters is 1. The predicted molar refractivity (Wildman–Crippen MR) is 76.5 cm³/mol. The number of H-pyrrole nitrogens is 1. The van der Waals surface area contributed by atoms with Crippen molar-refractivity contribution in [3.05, 3.63) is 35.5 Å². The summed E-state index contributed by atoms with van der Waals surface area (Å²) in [4.78, 5) is 14.7. The van der Waals surface area contributed by atoms with Gasteiger partial charge < -0.3 is 9.72 Å². The van der Waals surface area contributed by atoms with E-state index in [-0.39, 0.29) is 5.97 Å². The van der Waals surface area contributed by atoms with Gasteiger partial charge in [-0.15, -0.1) is 11.6 Å². The number of nitrogens with one attached hydrogen (secondary N) is 1. The molecule has 1 aromatic carbocycles. The van der Waals surface area contributed by atoms with Crippen LogP contribution < -0.4 is 0 Å². The fourth-order valence-electron chi connectivity index (χ4n) is 1.78. The smallest absolute Gasteiger partial charge is 0.337 e. The summed E-state index contributed by atoms with van der Waals surface area (Å²) in [5.41, 5.74) is 2.79. The second-order valence-corrected chi connectivity index (χ2v) is 5.29. The van der Waals surface area contributed by atoms with Crippen LogP contribution in [0.5, 0.6) is 0 Å². The van der Waals surface area contributed by atoms with Crippen molar-refractivity contribution in [3.63, 3.8) is 0 Å². The minimum Gasteiger partial charge on any atom is -0.465 e. The van der Waals surface area contributed by atoms with Crippen molar-refractivity contribution < 1.29 is 9.53 Å². The van der Waals surface area contributed by atoms with Crippen LogP contribution in [0.2, 0.25) is 0 Å². The van der Waals surface area contributed by atoms with E-state index in [4.69, 9.17) is 16.3 Å². The number of thioether (sulfide) groups is 1. The van der Waals surface area contributed by atoms with Crippen LogP contribution in [0.25, 0.3) is 10.9 Å². The molecule has 0 aliphatic rings. The van der Waals surface area contributed by atoms with Crippen LogP contribution in [-0.4, -0.2) is 29.7 Å². The summed E-state index contributed by atoms with van der Waals surface area (Å²) in [6.45, 7) is 0. The molecule has 1 heterocycles. The monoisotopic (exact) mass is 283 g/mol. The Kier molecular flexibility index (Phi) is 4.55. The van der Waals surface area contributed by atoms with Crippen molar-refractivity contribution in [1.29, 1.82) is 0 Å². The van der Waals surface area contributed by atoms with E-state index in [1.54, 1.807) is 17.8 Å². The molecule has 18 heavy (non-hydrogen) atoms. The average Bonchev–Trinajstić information content (AvgIpc) is 2.81. The van der Waals surface area contributed by atoms with E-state index in [1.807, 2.05) is 18.3 Å². The number of methoxy groups -OCH3 is 1. The van der Waals surface area contributed by atoms with Crippen LogP contribution >= 0.6 is 23.4 Å². The first-order chi connectivity index (χ1) is 8.76. The minimum atomic E-state index is -0.308. The molecule has 0 unspecified atom stereocenters. The van der Waals surface area contributed by atoms with E-state index in [9.17, 15) is 4.79 Å². The normalized spacial score (nSPS) is 10.8. The number of carbonyl (C=O) groups is 1. The van der Waals surface area contributed by atoms with E-state index in [2.05, 4.69) is 4.98 Å². The first-order valence-corrected chi connectivity index (χ1v) is 7.27. The molecule has 96 valence electrons. The Bertz CT molecular complexity index is 553. The number of halogens is 1. The Hall–Kier alpha value is -1.13. The van der Waals surface area contributed by atoms with Crippen molar-refractivity contribution in [3.8, 4) is 0 Å². The van der Waals surface area contributed by atoms with Crippen LogP contribution in [0.15, 0.2) is 24.4 Å². The van der Waals surface area contributed by atoms with Gasteiger partial charge in [0.2, 0.25) is 0 Å². The second-order valence-electron chi connectivity index (χ2n) is 3.81. The highest BCUT2D eigenvalue weighted by Gasteiger charge is 2.09. The molecule has 0 saturated heterocycles. The van der Waals surface area contributed by atoms with Crippen LogP contribution in [0.1, 0.15) is 15.9 Å². The second kappa shape index (κ2) is 6.16. The zero-order chi connectivity index (χ0) is 13.0. The van der Waals surface area contributed by atoms with Crippen LogP contribution in [0.4, 0.5) is 0 Å². The number of benzene rings is 1. The topological polar surface area (TPSA) is 42.1 Å². The fraction of sp³-hybridized carbons (Fsp3) is 0.308. The number of rotatable bonds is 5. The number of hydrogen-bond acceptors (Lipinski definition) is 3. The molecule has 0 aliphatic heterocycles. The lowest BCUT2D eigenvalue weighted by molar-refractivity contribution is 0.0601. The maximum atomic E-state index is 11.5. The van der Waals surface area contributed by atoms with Gasteiger partial charge in [-0.05, 0) is 23.8 Å². The number of aromatic amines is 1. The first kappa shape index (κ1) is 13.3. The molecule has 0 bridgehead atoms. The van der Waals surface area contributed by atoms with Crippen LogP contribution in [0.3, 0.4) is 0 Å². The van der Waals surface area contributed by atoms with E-state index in [0.29, 0.717) is 11.4 Å². The van der Waals surface area contributed by atoms with Crippen LogP contribution in [0, 0.1) is 0 Å². The molecule has 0 spiro atoms. The lowest BCUT2D eigenvalue weighted by atomic mass is 10.1. The van der Waals surface area contributed by atoms with Crippen LogP contribution in [-0.2, 0) is 10.5 Å². The quantitative estimate of drug-likeness (QED) is 0.519. The summed E-state index contributed by atoms with van der Waals surface area (Å²) in [5, 5.41) is 1.07. The van der Waals surface area contributed by atoms with Gasteiger partial charge in [-0.1, -0.05) is 0 Å². The lowest BCUT2D eigenvalue weighted by Crippen LogP contribution is -2.00. The van der Waals surface area contributed by atoms with Gasteiger partial charge in [-0.2, -0.15) is 11.8 Å². The first-order valence-electron chi connectivity index (χ1n) is 5.58. The van der Waals surface area contributed by atoms with E-state index in [0.717, 1.165) is 22.4 Å². The van der Waals surface area contributed by atoms with E-state index >= 15 is 0 Å². The summed E-state index contributed by atoms with van der Waals surface area (Å²) >= 11 is 7.43. The highest BCUT2D eigenvalue weighted by molar-refractivity contribution is 7.98. The summed E-state index contributed by atoms with van der Waals surface area (Å²) in [6, 6.07) is 5.53. The Labute approximate surface area is 115 Å².